The molecule has 146 valence electrons. The number of nitrogens with one attached hydrogen (secondary N) is 3. The molecular formula is C21H26N6O. The van der Waals surface area contributed by atoms with Gasteiger partial charge in [0, 0.05) is 16.8 Å². The Hall–Kier alpha value is -2.93. The summed E-state index contributed by atoms with van der Waals surface area (Å²) in [5.74, 6) is 0.707. The predicted octanol–water partition coefficient (Wildman–Crippen LogP) is 3.28. The fourth-order valence-corrected chi connectivity index (χ4v) is 3.63. The molecule has 0 aliphatic carbocycles. The lowest BCUT2D eigenvalue weighted by Gasteiger charge is -2.22. The van der Waals surface area contributed by atoms with Gasteiger partial charge in [0.2, 0.25) is 0 Å². The summed E-state index contributed by atoms with van der Waals surface area (Å²) < 4.78 is 0. The molecule has 0 radical (unpaired) electrons. The average Bonchev–Trinajstić information content (AvgIpc) is 3.16. The number of fused-ring (bicyclic) bond motifs is 2. The predicted molar refractivity (Wildman–Crippen MR) is 111 cm³/mol. The third-order valence-electron chi connectivity index (χ3n) is 4.85. The average molecular weight is 378 g/mol. The Kier molecular flexibility index (Phi) is 4.34. The van der Waals surface area contributed by atoms with Gasteiger partial charge in [0.25, 0.3) is 5.91 Å². The molecule has 0 saturated carbocycles. The monoisotopic (exact) mass is 378 g/mol. The Labute approximate surface area is 164 Å². The molecule has 0 fully saturated rings. The van der Waals surface area contributed by atoms with Crippen LogP contribution in [-0.2, 0) is 0 Å². The number of aromatic nitrogens is 3. The molecule has 1 aliphatic heterocycles. The summed E-state index contributed by atoms with van der Waals surface area (Å²) in [6.45, 7) is 8.75. The lowest BCUT2D eigenvalue weighted by molar-refractivity contribution is 0.0955. The van der Waals surface area contributed by atoms with Gasteiger partial charge in [-0.2, -0.15) is 0 Å². The second-order valence-electron chi connectivity index (χ2n) is 8.32. The van der Waals surface area contributed by atoms with Crippen LogP contribution < -0.4 is 16.4 Å². The molecule has 5 N–H and O–H groups in total. The number of benzene rings is 1. The van der Waals surface area contributed by atoms with Crippen molar-refractivity contribution in [1.29, 1.82) is 0 Å². The molecule has 1 amide bonds. The summed E-state index contributed by atoms with van der Waals surface area (Å²) in [7, 11) is 0. The number of para-hydroxylation sites is 1. The minimum absolute atomic E-state index is 0.0618. The maximum Gasteiger partial charge on any atom is 0.253 e. The van der Waals surface area contributed by atoms with E-state index in [2.05, 4.69) is 36.4 Å². The largest absolute Gasteiger partial charge is 0.364 e. The minimum Gasteiger partial charge on any atom is -0.364 e. The van der Waals surface area contributed by atoms with Gasteiger partial charge in [-0.1, -0.05) is 12.1 Å². The number of hydrogen-bond donors (Lipinski definition) is 4. The number of carbonyl (C=O) groups is 1. The van der Waals surface area contributed by atoms with Crippen molar-refractivity contribution in [3.63, 3.8) is 0 Å². The van der Waals surface area contributed by atoms with E-state index in [1.54, 1.807) is 0 Å². The van der Waals surface area contributed by atoms with Gasteiger partial charge >= 0.3 is 0 Å². The third kappa shape index (κ3) is 3.22. The zero-order valence-electron chi connectivity index (χ0n) is 16.7. The lowest BCUT2D eigenvalue weighted by Crippen LogP contribution is -2.27. The zero-order chi connectivity index (χ0) is 20.1. The van der Waals surface area contributed by atoms with Crippen molar-refractivity contribution in [2.24, 2.45) is 5.73 Å². The van der Waals surface area contributed by atoms with Crippen LogP contribution in [0.5, 0.6) is 0 Å². The van der Waals surface area contributed by atoms with Crippen molar-refractivity contribution in [3.8, 4) is 11.3 Å². The van der Waals surface area contributed by atoms with Crippen LogP contribution in [-0.4, -0.2) is 32.9 Å². The molecule has 3 aromatic rings. The molecule has 2 aromatic heterocycles. The summed E-state index contributed by atoms with van der Waals surface area (Å²) in [5, 5.41) is 6.40. The van der Waals surface area contributed by atoms with E-state index in [0.717, 1.165) is 39.5 Å². The van der Waals surface area contributed by atoms with Crippen molar-refractivity contribution < 1.29 is 4.79 Å². The minimum atomic E-state index is -0.122. The summed E-state index contributed by atoms with van der Waals surface area (Å²) >= 11 is 0. The number of amides is 1. The quantitative estimate of drug-likeness (QED) is 0.557. The second kappa shape index (κ2) is 6.60. The van der Waals surface area contributed by atoms with Crippen LogP contribution in [0.3, 0.4) is 0 Å². The number of hydrogen-bond acceptors (Lipinski definition) is 5. The van der Waals surface area contributed by atoms with E-state index in [1.165, 1.54) is 0 Å². The molecule has 1 atom stereocenters. The number of nitrogens with zero attached hydrogens (tertiary/aromatic N) is 2. The van der Waals surface area contributed by atoms with Crippen LogP contribution in [0, 0.1) is 6.92 Å². The number of rotatable bonds is 4. The van der Waals surface area contributed by atoms with Crippen molar-refractivity contribution in [3.05, 3.63) is 41.2 Å². The zero-order valence-corrected chi connectivity index (χ0v) is 16.7. The first kappa shape index (κ1) is 18.4. The Bertz CT molecular complexity index is 1060. The smallest absolute Gasteiger partial charge is 0.253 e. The van der Waals surface area contributed by atoms with Gasteiger partial charge in [0.15, 0.2) is 0 Å². The molecule has 3 heterocycles. The van der Waals surface area contributed by atoms with Crippen LogP contribution >= 0.6 is 0 Å². The number of aryl methyl sites for hydroxylation is 1. The molecule has 0 unspecified atom stereocenters. The topological polar surface area (TPSA) is 109 Å². The fourth-order valence-electron chi connectivity index (χ4n) is 3.63. The highest BCUT2D eigenvalue weighted by Gasteiger charge is 2.31. The van der Waals surface area contributed by atoms with E-state index >= 15 is 0 Å². The molecule has 1 aromatic carbocycles. The van der Waals surface area contributed by atoms with E-state index in [9.17, 15) is 4.79 Å². The number of carbonyl (C=O) groups excluding carboxylic acids is 1. The van der Waals surface area contributed by atoms with Crippen LogP contribution in [0.2, 0.25) is 0 Å². The maximum absolute atomic E-state index is 12.3. The van der Waals surface area contributed by atoms with Gasteiger partial charge < -0.3 is 21.4 Å². The number of anilines is 1. The Balaban J connectivity index is 1.84. The van der Waals surface area contributed by atoms with Crippen LogP contribution in [0.25, 0.3) is 22.3 Å². The van der Waals surface area contributed by atoms with Gasteiger partial charge in [-0.3, -0.25) is 4.79 Å². The Morgan fingerprint density at radius 2 is 2.00 bits per heavy atom. The summed E-state index contributed by atoms with van der Waals surface area (Å²) in [6.07, 6.45) is 0.701. The normalized spacial score (nSPS) is 16.3. The Morgan fingerprint density at radius 3 is 2.71 bits per heavy atom. The van der Waals surface area contributed by atoms with Crippen molar-refractivity contribution in [2.75, 3.05) is 11.9 Å². The standard InChI is InChI=1S/C21H26N6O/c1-11-19(27-21(2,3)4)26-17-12(6-5-7-14(17)23-11)16-10-13-18(24-16)15(8-9-22)25-20(13)28/h5-7,10,15,24H,8-9,22H2,1-4H3,(H,25,28)(H,26,27)/t15-/m0/s1. The SMILES string of the molecule is Cc1nc2cccc(-c3cc4c([nH]3)[C@H](CCN)NC4=O)c2nc1NC(C)(C)C. The molecule has 4 rings (SSSR count). The third-order valence-corrected chi connectivity index (χ3v) is 4.85. The lowest BCUT2D eigenvalue weighted by atomic mass is 10.1. The van der Waals surface area contributed by atoms with Gasteiger partial charge in [-0.05, 0) is 52.8 Å². The van der Waals surface area contributed by atoms with Gasteiger partial charge in [-0.25, -0.2) is 9.97 Å². The number of nitrogens with two attached hydrogens (primary N) is 1. The molecular weight excluding hydrogens is 352 g/mol. The highest BCUT2D eigenvalue weighted by molar-refractivity contribution is 6.01. The van der Waals surface area contributed by atoms with Gasteiger partial charge in [0.05, 0.1) is 28.5 Å². The molecule has 0 saturated heterocycles. The van der Waals surface area contributed by atoms with Crippen LogP contribution in [0.4, 0.5) is 5.82 Å². The Morgan fingerprint density at radius 1 is 1.21 bits per heavy atom. The van der Waals surface area contributed by atoms with Gasteiger partial charge in [-0.15, -0.1) is 0 Å². The van der Waals surface area contributed by atoms with Crippen molar-refractivity contribution in [1.82, 2.24) is 20.3 Å². The van der Waals surface area contributed by atoms with E-state index in [1.807, 2.05) is 31.2 Å². The first-order valence-electron chi connectivity index (χ1n) is 9.56. The van der Waals surface area contributed by atoms with Crippen molar-refractivity contribution in [2.45, 2.75) is 45.7 Å². The first-order valence-corrected chi connectivity index (χ1v) is 9.56. The number of aromatic amines is 1. The van der Waals surface area contributed by atoms with Crippen LogP contribution in [0.15, 0.2) is 24.3 Å². The van der Waals surface area contributed by atoms with Gasteiger partial charge in [0.1, 0.15) is 11.3 Å². The summed E-state index contributed by atoms with van der Waals surface area (Å²) in [5.41, 5.74) is 11.4. The highest BCUT2D eigenvalue weighted by atomic mass is 16.2. The van der Waals surface area contributed by atoms with Crippen molar-refractivity contribution >= 4 is 22.8 Å². The molecule has 7 nitrogen and oxygen atoms in total. The highest BCUT2D eigenvalue weighted by Crippen LogP contribution is 2.34. The molecule has 0 bridgehead atoms. The molecule has 0 spiro atoms. The van der Waals surface area contributed by atoms with E-state index in [0.29, 0.717) is 18.5 Å². The maximum atomic E-state index is 12.3. The fraction of sp³-hybridized carbons (Fsp3) is 0.381. The number of H-pyrrole nitrogens is 1. The van der Waals surface area contributed by atoms with Crippen LogP contribution in [0.1, 0.15) is 55.0 Å². The summed E-state index contributed by atoms with van der Waals surface area (Å²) in [4.78, 5) is 25.3. The van der Waals surface area contributed by atoms with E-state index in [-0.39, 0.29) is 17.5 Å². The van der Waals surface area contributed by atoms with E-state index < -0.39 is 0 Å². The first-order chi connectivity index (χ1) is 13.3. The molecule has 28 heavy (non-hydrogen) atoms. The second-order valence-corrected chi connectivity index (χ2v) is 8.32. The summed E-state index contributed by atoms with van der Waals surface area (Å²) in [6, 6.07) is 7.76. The van der Waals surface area contributed by atoms with E-state index in [4.69, 9.17) is 15.7 Å². The molecule has 7 heteroatoms. The molecule has 1 aliphatic rings.